The summed E-state index contributed by atoms with van der Waals surface area (Å²) in [5, 5.41) is 11.7. The molecular weight excluding hydrogens is 272 g/mol. The number of carboxylic acids is 1. The number of aliphatic carboxylic acids is 1. The lowest BCUT2D eigenvalue weighted by atomic mass is 10.1. The van der Waals surface area contributed by atoms with E-state index in [0.29, 0.717) is 18.9 Å². The third-order valence-electron chi connectivity index (χ3n) is 4.22. The van der Waals surface area contributed by atoms with E-state index in [0.717, 1.165) is 19.4 Å². The quantitative estimate of drug-likeness (QED) is 0.699. The van der Waals surface area contributed by atoms with Crippen molar-refractivity contribution in [2.45, 2.75) is 51.5 Å². The van der Waals surface area contributed by atoms with E-state index in [2.05, 4.69) is 5.32 Å². The molecule has 2 amide bonds. The van der Waals surface area contributed by atoms with Gasteiger partial charge in [-0.25, -0.2) is 4.79 Å². The zero-order valence-electron chi connectivity index (χ0n) is 12.5. The molecule has 0 aromatic rings. The summed E-state index contributed by atoms with van der Waals surface area (Å²) in [6.45, 7) is 3.16. The first-order valence-corrected chi connectivity index (χ1v) is 7.82. The highest BCUT2D eigenvalue weighted by Crippen LogP contribution is 2.32. The van der Waals surface area contributed by atoms with Crippen LogP contribution in [0, 0.1) is 11.8 Å². The maximum atomic E-state index is 12.2. The van der Waals surface area contributed by atoms with Crippen molar-refractivity contribution < 1.29 is 19.5 Å². The number of nitrogens with zero attached hydrogens (tertiary/aromatic N) is 1. The Balaban J connectivity index is 1.84. The van der Waals surface area contributed by atoms with Crippen LogP contribution in [0.1, 0.15) is 45.4 Å². The Morgan fingerprint density at radius 1 is 1.43 bits per heavy atom. The normalized spacial score (nSPS) is 23.2. The minimum atomic E-state index is -1.00. The van der Waals surface area contributed by atoms with E-state index in [9.17, 15) is 14.4 Å². The van der Waals surface area contributed by atoms with E-state index in [1.807, 2.05) is 6.92 Å². The summed E-state index contributed by atoms with van der Waals surface area (Å²) in [5.74, 6) is -1.09. The second-order valence-electron chi connectivity index (χ2n) is 6.18. The summed E-state index contributed by atoms with van der Waals surface area (Å²) < 4.78 is 0. The van der Waals surface area contributed by atoms with Crippen molar-refractivity contribution >= 4 is 17.8 Å². The molecule has 0 aromatic heterocycles. The van der Waals surface area contributed by atoms with Crippen LogP contribution in [0.2, 0.25) is 0 Å². The molecule has 1 heterocycles. The number of likely N-dealkylation sites (tertiary alicyclic amines) is 1. The fraction of sp³-hybridized carbons (Fsp3) is 0.800. The minimum Gasteiger partial charge on any atom is -0.480 e. The van der Waals surface area contributed by atoms with Crippen molar-refractivity contribution in [3.05, 3.63) is 0 Å². The van der Waals surface area contributed by atoms with Gasteiger partial charge < -0.3 is 15.3 Å². The van der Waals surface area contributed by atoms with E-state index in [4.69, 9.17) is 5.11 Å². The second kappa shape index (κ2) is 6.91. The number of rotatable bonds is 8. The van der Waals surface area contributed by atoms with Crippen molar-refractivity contribution in [1.29, 1.82) is 0 Å². The Hall–Kier alpha value is -1.59. The van der Waals surface area contributed by atoms with Gasteiger partial charge in [-0.1, -0.05) is 19.8 Å². The predicted molar refractivity (Wildman–Crippen MR) is 76.5 cm³/mol. The van der Waals surface area contributed by atoms with Crippen LogP contribution >= 0.6 is 0 Å². The van der Waals surface area contributed by atoms with Gasteiger partial charge in [-0.2, -0.15) is 0 Å². The number of carboxylic acid groups (broad SMARTS) is 1. The third-order valence-corrected chi connectivity index (χ3v) is 4.22. The number of nitrogens with one attached hydrogen (secondary N) is 1. The van der Waals surface area contributed by atoms with Crippen LogP contribution in [0.15, 0.2) is 0 Å². The van der Waals surface area contributed by atoms with Crippen molar-refractivity contribution in [3.63, 3.8) is 0 Å². The number of amides is 2. The maximum absolute atomic E-state index is 12.2. The minimum absolute atomic E-state index is 0.0162. The average Bonchev–Trinajstić information content (AvgIpc) is 3.17. The largest absolute Gasteiger partial charge is 0.480 e. The Kier molecular flexibility index (Phi) is 5.20. The van der Waals surface area contributed by atoms with Gasteiger partial charge in [0.15, 0.2) is 0 Å². The first-order valence-electron chi connectivity index (χ1n) is 7.82. The molecule has 1 aliphatic heterocycles. The molecule has 2 atom stereocenters. The number of hydrogen-bond donors (Lipinski definition) is 2. The molecule has 118 valence electrons. The lowest BCUT2D eigenvalue weighted by Crippen LogP contribution is -2.44. The summed E-state index contributed by atoms with van der Waals surface area (Å²) in [4.78, 5) is 36.9. The smallest absolute Gasteiger partial charge is 0.326 e. The maximum Gasteiger partial charge on any atom is 0.326 e. The van der Waals surface area contributed by atoms with Crippen LogP contribution in [-0.4, -0.2) is 46.9 Å². The zero-order chi connectivity index (χ0) is 15.4. The van der Waals surface area contributed by atoms with Crippen molar-refractivity contribution in [2.75, 3.05) is 13.1 Å². The van der Waals surface area contributed by atoms with Crippen LogP contribution in [0.4, 0.5) is 0 Å². The van der Waals surface area contributed by atoms with Crippen LogP contribution < -0.4 is 5.32 Å². The standard InChI is InChI=1S/C15H24N2O4/c1-2-3-4-12(15(20)21)16-14(19)11-7-13(18)17(9-11)8-10-5-6-10/h10-12H,2-9H2,1H3,(H,16,19)(H,20,21)/t11?,12-/m0/s1. The highest BCUT2D eigenvalue weighted by atomic mass is 16.4. The van der Waals surface area contributed by atoms with Crippen LogP contribution in [0.5, 0.6) is 0 Å². The first-order chi connectivity index (χ1) is 10.0. The van der Waals surface area contributed by atoms with Gasteiger partial charge in [0, 0.05) is 19.5 Å². The molecule has 2 fully saturated rings. The molecule has 2 aliphatic rings. The van der Waals surface area contributed by atoms with Crippen molar-refractivity contribution in [2.24, 2.45) is 11.8 Å². The Morgan fingerprint density at radius 2 is 2.14 bits per heavy atom. The van der Waals surface area contributed by atoms with E-state index in [1.165, 1.54) is 12.8 Å². The van der Waals surface area contributed by atoms with Gasteiger partial charge >= 0.3 is 5.97 Å². The molecule has 6 heteroatoms. The van der Waals surface area contributed by atoms with Crippen molar-refractivity contribution in [3.8, 4) is 0 Å². The molecule has 21 heavy (non-hydrogen) atoms. The van der Waals surface area contributed by atoms with Crippen LogP contribution in [-0.2, 0) is 14.4 Å². The number of carbonyl (C=O) groups excluding carboxylic acids is 2. The number of unbranched alkanes of at least 4 members (excludes halogenated alkanes) is 1. The van der Waals surface area contributed by atoms with E-state index in [1.54, 1.807) is 4.90 Å². The molecule has 1 unspecified atom stereocenters. The number of carbonyl (C=O) groups is 3. The fourth-order valence-electron chi connectivity index (χ4n) is 2.69. The molecule has 0 aromatic carbocycles. The van der Waals surface area contributed by atoms with Gasteiger partial charge in [0.2, 0.25) is 11.8 Å². The SMILES string of the molecule is CCCC[C@H](NC(=O)C1CC(=O)N(CC2CC2)C1)C(=O)O. The predicted octanol–water partition coefficient (Wildman–Crippen LogP) is 1.00. The summed E-state index contributed by atoms with van der Waals surface area (Å²) in [7, 11) is 0. The summed E-state index contributed by atoms with van der Waals surface area (Å²) in [6, 6.07) is -0.843. The average molecular weight is 296 g/mol. The lowest BCUT2D eigenvalue weighted by Gasteiger charge is -2.18. The van der Waals surface area contributed by atoms with Gasteiger partial charge in [-0.05, 0) is 25.2 Å². The Morgan fingerprint density at radius 3 is 2.71 bits per heavy atom. The van der Waals surface area contributed by atoms with E-state index in [-0.39, 0.29) is 18.2 Å². The van der Waals surface area contributed by atoms with Gasteiger partial charge in [0.1, 0.15) is 6.04 Å². The zero-order valence-corrected chi connectivity index (χ0v) is 12.5. The molecule has 6 nitrogen and oxygen atoms in total. The first kappa shape index (κ1) is 15.8. The molecule has 2 N–H and O–H groups in total. The molecule has 2 rings (SSSR count). The third kappa shape index (κ3) is 4.44. The van der Waals surface area contributed by atoms with Gasteiger partial charge in [-0.15, -0.1) is 0 Å². The van der Waals surface area contributed by atoms with Crippen LogP contribution in [0.25, 0.3) is 0 Å². The van der Waals surface area contributed by atoms with Gasteiger partial charge in [0.25, 0.3) is 0 Å². The van der Waals surface area contributed by atoms with Crippen molar-refractivity contribution in [1.82, 2.24) is 10.2 Å². The van der Waals surface area contributed by atoms with Gasteiger partial charge in [0.05, 0.1) is 5.92 Å². The Labute approximate surface area is 124 Å². The highest BCUT2D eigenvalue weighted by molar-refractivity contribution is 5.91. The second-order valence-corrected chi connectivity index (χ2v) is 6.18. The van der Waals surface area contributed by atoms with E-state index >= 15 is 0 Å². The highest BCUT2D eigenvalue weighted by Gasteiger charge is 2.38. The Bertz CT molecular complexity index is 420. The molecule has 1 saturated carbocycles. The molecule has 0 spiro atoms. The molecule has 1 aliphatic carbocycles. The monoisotopic (exact) mass is 296 g/mol. The lowest BCUT2D eigenvalue weighted by molar-refractivity contribution is -0.142. The van der Waals surface area contributed by atoms with Gasteiger partial charge in [-0.3, -0.25) is 9.59 Å². The molecule has 0 bridgehead atoms. The van der Waals surface area contributed by atoms with E-state index < -0.39 is 17.9 Å². The summed E-state index contributed by atoms with van der Waals surface area (Å²) in [5.41, 5.74) is 0. The molecule has 0 radical (unpaired) electrons. The summed E-state index contributed by atoms with van der Waals surface area (Å²) >= 11 is 0. The topological polar surface area (TPSA) is 86.7 Å². The fourth-order valence-corrected chi connectivity index (χ4v) is 2.69. The summed E-state index contributed by atoms with van der Waals surface area (Å²) in [6.07, 6.45) is 4.62. The molecule has 1 saturated heterocycles. The number of hydrogen-bond acceptors (Lipinski definition) is 3. The van der Waals surface area contributed by atoms with Crippen LogP contribution in [0.3, 0.4) is 0 Å². The molecular formula is C15H24N2O4.